The van der Waals surface area contributed by atoms with Crippen LogP contribution >= 0.6 is 0 Å². The van der Waals surface area contributed by atoms with Crippen LogP contribution < -0.4 is 5.32 Å². The van der Waals surface area contributed by atoms with Gasteiger partial charge in [0.25, 0.3) is 0 Å². The lowest BCUT2D eigenvalue weighted by Crippen LogP contribution is -1.90. The molecule has 2 nitrogen and oxygen atoms in total. The van der Waals surface area contributed by atoms with Crippen LogP contribution in [-0.2, 0) is 0 Å². The molecular formula is C25H19NO. The van der Waals surface area contributed by atoms with Gasteiger partial charge in [0.2, 0.25) is 0 Å². The zero-order chi connectivity index (χ0) is 18.2. The van der Waals surface area contributed by atoms with Crippen molar-refractivity contribution in [3.05, 3.63) is 96.6 Å². The number of nitrogens with one attached hydrogen (secondary N) is 1. The predicted octanol–water partition coefficient (Wildman–Crippen LogP) is 7.31. The summed E-state index contributed by atoms with van der Waals surface area (Å²) in [7, 11) is 0. The van der Waals surface area contributed by atoms with Gasteiger partial charge in [0.1, 0.15) is 11.2 Å². The summed E-state index contributed by atoms with van der Waals surface area (Å²) in [6.45, 7) is 2.09. The van der Waals surface area contributed by atoms with Crippen LogP contribution in [0, 0.1) is 6.92 Å². The number of anilines is 2. The average Bonchev–Trinajstić information content (AvgIpc) is 3.09. The first-order valence-corrected chi connectivity index (χ1v) is 9.12. The summed E-state index contributed by atoms with van der Waals surface area (Å²) in [4.78, 5) is 0. The largest absolute Gasteiger partial charge is 0.455 e. The highest BCUT2D eigenvalue weighted by Gasteiger charge is 2.11. The van der Waals surface area contributed by atoms with Gasteiger partial charge in [0.05, 0.1) is 0 Å². The maximum atomic E-state index is 6.16. The lowest BCUT2D eigenvalue weighted by molar-refractivity contribution is 0.670. The Bertz CT molecular complexity index is 1230. The Balaban J connectivity index is 1.52. The second-order valence-corrected chi connectivity index (χ2v) is 6.85. The molecule has 0 radical (unpaired) electrons. The van der Waals surface area contributed by atoms with Gasteiger partial charge in [-0.15, -0.1) is 0 Å². The van der Waals surface area contributed by atoms with Gasteiger partial charge in [-0.25, -0.2) is 0 Å². The van der Waals surface area contributed by atoms with Crippen molar-refractivity contribution < 1.29 is 4.42 Å². The standard InChI is InChI=1S/C25H19NO/c1-17-9-13-19(14-10-17)26-20-15-11-18(12-16-20)21-6-4-7-23-22-5-2-3-8-24(22)27-25(21)23/h2-16,26H,1H3. The summed E-state index contributed by atoms with van der Waals surface area (Å²) in [6, 6.07) is 31.4. The van der Waals surface area contributed by atoms with Gasteiger partial charge in [-0.1, -0.05) is 66.2 Å². The van der Waals surface area contributed by atoms with Crippen molar-refractivity contribution in [3.63, 3.8) is 0 Å². The van der Waals surface area contributed by atoms with E-state index in [4.69, 9.17) is 4.42 Å². The van der Waals surface area contributed by atoms with E-state index in [0.29, 0.717) is 0 Å². The fourth-order valence-electron chi connectivity index (χ4n) is 3.51. The number of para-hydroxylation sites is 2. The summed E-state index contributed by atoms with van der Waals surface area (Å²) in [5.41, 5.74) is 7.55. The highest BCUT2D eigenvalue weighted by atomic mass is 16.3. The molecule has 2 heteroatoms. The Morgan fingerprint density at radius 3 is 2.07 bits per heavy atom. The molecule has 5 aromatic rings. The fraction of sp³-hybridized carbons (Fsp3) is 0.0400. The van der Waals surface area contributed by atoms with Gasteiger partial charge in [-0.2, -0.15) is 0 Å². The Kier molecular flexibility index (Phi) is 3.68. The van der Waals surface area contributed by atoms with Crippen molar-refractivity contribution in [2.24, 2.45) is 0 Å². The molecule has 0 bridgehead atoms. The van der Waals surface area contributed by atoms with E-state index in [1.807, 2.05) is 12.1 Å². The first-order valence-electron chi connectivity index (χ1n) is 9.12. The fourth-order valence-corrected chi connectivity index (χ4v) is 3.51. The predicted molar refractivity (Wildman–Crippen MR) is 114 cm³/mol. The quantitative estimate of drug-likeness (QED) is 0.369. The third kappa shape index (κ3) is 2.85. The zero-order valence-corrected chi connectivity index (χ0v) is 15.1. The molecule has 1 heterocycles. The first-order chi connectivity index (χ1) is 13.3. The molecule has 0 spiro atoms. The Morgan fingerprint density at radius 2 is 1.30 bits per heavy atom. The third-order valence-electron chi connectivity index (χ3n) is 4.94. The van der Waals surface area contributed by atoms with Crippen molar-refractivity contribution in [3.8, 4) is 11.1 Å². The number of hydrogen-bond donors (Lipinski definition) is 1. The molecule has 0 atom stereocenters. The maximum absolute atomic E-state index is 6.16. The van der Waals surface area contributed by atoms with E-state index < -0.39 is 0 Å². The molecule has 1 aromatic heterocycles. The van der Waals surface area contributed by atoms with Crippen molar-refractivity contribution in [2.45, 2.75) is 6.92 Å². The number of hydrogen-bond acceptors (Lipinski definition) is 2. The van der Waals surface area contributed by atoms with Gasteiger partial charge in [-0.05, 0) is 42.8 Å². The molecule has 0 fully saturated rings. The minimum atomic E-state index is 0.928. The Morgan fingerprint density at radius 1 is 0.630 bits per heavy atom. The van der Waals surface area contributed by atoms with Crippen LogP contribution in [0.2, 0.25) is 0 Å². The number of benzene rings is 4. The van der Waals surface area contributed by atoms with Gasteiger partial charge in [0, 0.05) is 27.7 Å². The highest BCUT2D eigenvalue weighted by molar-refractivity contribution is 6.09. The molecule has 0 aliphatic heterocycles. The van der Waals surface area contributed by atoms with E-state index in [-0.39, 0.29) is 0 Å². The molecule has 130 valence electrons. The summed E-state index contributed by atoms with van der Waals surface area (Å²) >= 11 is 0. The molecule has 0 amide bonds. The third-order valence-corrected chi connectivity index (χ3v) is 4.94. The van der Waals surface area contributed by atoms with Crippen LogP contribution in [0.25, 0.3) is 33.1 Å². The molecule has 0 saturated heterocycles. The minimum absolute atomic E-state index is 0.928. The van der Waals surface area contributed by atoms with E-state index >= 15 is 0 Å². The van der Waals surface area contributed by atoms with Crippen LogP contribution in [0.5, 0.6) is 0 Å². The maximum Gasteiger partial charge on any atom is 0.143 e. The highest BCUT2D eigenvalue weighted by Crippen LogP contribution is 2.36. The molecule has 1 N–H and O–H groups in total. The molecule has 0 aliphatic rings. The van der Waals surface area contributed by atoms with Crippen molar-refractivity contribution >= 4 is 33.3 Å². The van der Waals surface area contributed by atoms with Crippen LogP contribution in [0.1, 0.15) is 5.56 Å². The second kappa shape index (κ2) is 6.33. The molecule has 27 heavy (non-hydrogen) atoms. The van der Waals surface area contributed by atoms with Gasteiger partial charge in [0.15, 0.2) is 0 Å². The van der Waals surface area contributed by atoms with Crippen LogP contribution in [0.15, 0.2) is 95.4 Å². The normalized spacial score (nSPS) is 11.1. The van der Waals surface area contributed by atoms with Crippen molar-refractivity contribution in [2.75, 3.05) is 5.32 Å². The van der Waals surface area contributed by atoms with Gasteiger partial charge < -0.3 is 9.73 Å². The van der Waals surface area contributed by atoms with Crippen LogP contribution in [-0.4, -0.2) is 0 Å². The molecule has 0 saturated carbocycles. The lowest BCUT2D eigenvalue weighted by atomic mass is 10.0. The first kappa shape index (κ1) is 15.7. The van der Waals surface area contributed by atoms with Crippen molar-refractivity contribution in [1.82, 2.24) is 0 Å². The number of fused-ring (bicyclic) bond motifs is 3. The topological polar surface area (TPSA) is 25.2 Å². The number of furan rings is 1. The summed E-state index contributed by atoms with van der Waals surface area (Å²) in [6.07, 6.45) is 0. The Labute approximate surface area is 158 Å². The summed E-state index contributed by atoms with van der Waals surface area (Å²) in [5, 5.41) is 5.76. The van der Waals surface area contributed by atoms with Crippen molar-refractivity contribution in [1.29, 1.82) is 0 Å². The van der Waals surface area contributed by atoms with Crippen LogP contribution in [0.3, 0.4) is 0 Å². The molecule has 4 aromatic carbocycles. The number of rotatable bonds is 3. The summed E-state index contributed by atoms with van der Waals surface area (Å²) in [5.74, 6) is 0. The molecule has 0 aliphatic carbocycles. The molecule has 0 unspecified atom stereocenters. The van der Waals surface area contributed by atoms with E-state index in [0.717, 1.165) is 44.4 Å². The van der Waals surface area contributed by atoms with Gasteiger partial charge >= 0.3 is 0 Å². The summed E-state index contributed by atoms with van der Waals surface area (Å²) < 4.78 is 6.16. The monoisotopic (exact) mass is 349 g/mol. The van der Waals surface area contributed by atoms with Gasteiger partial charge in [-0.3, -0.25) is 0 Å². The van der Waals surface area contributed by atoms with E-state index in [9.17, 15) is 0 Å². The van der Waals surface area contributed by atoms with E-state index in [1.54, 1.807) is 0 Å². The van der Waals surface area contributed by atoms with Crippen LogP contribution in [0.4, 0.5) is 11.4 Å². The Hall–Kier alpha value is -3.52. The molecule has 5 rings (SSSR count). The second-order valence-electron chi connectivity index (χ2n) is 6.85. The smallest absolute Gasteiger partial charge is 0.143 e. The minimum Gasteiger partial charge on any atom is -0.455 e. The lowest BCUT2D eigenvalue weighted by Gasteiger charge is -2.08. The SMILES string of the molecule is Cc1ccc(Nc2ccc(-c3cccc4c3oc3ccccc34)cc2)cc1. The zero-order valence-electron chi connectivity index (χ0n) is 15.1. The average molecular weight is 349 g/mol. The molecular weight excluding hydrogens is 330 g/mol. The van der Waals surface area contributed by atoms with E-state index in [2.05, 4.69) is 91.1 Å². The van der Waals surface area contributed by atoms with E-state index in [1.165, 1.54) is 5.56 Å². The number of aryl methyl sites for hydroxylation is 1.